The van der Waals surface area contributed by atoms with Gasteiger partial charge in [-0.05, 0) is 0 Å². The number of nitrogens with two attached hydrogens (primary N) is 1. The van der Waals surface area contributed by atoms with Gasteiger partial charge in [0.1, 0.15) is 5.92 Å². The summed E-state index contributed by atoms with van der Waals surface area (Å²) in [4.78, 5) is 22.5. The van der Waals surface area contributed by atoms with Gasteiger partial charge >= 0.3 is 0 Å². The summed E-state index contributed by atoms with van der Waals surface area (Å²) < 4.78 is 0. The van der Waals surface area contributed by atoms with Gasteiger partial charge in [0.15, 0.2) is 5.78 Å². The van der Waals surface area contributed by atoms with Crippen LogP contribution in [0.15, 0.2) is 12.3 Å². The maximum absolute atomic E-state index is 11.3. The second-order valence-corrected chi connectivity index (χ2v) is 2.88. The molecule has 1 saturated heterocycles. The molecule has 3 N–H and O–H groups in total. The number of hydrogen-bond acceptors (Lipinski definition) is 3. The van der Waals surface area contributed by atoms with Crippen LogP contribution in [0.3, 0.4) is 0 Å². The molecule has 1 heterocycles. The first-order valence-corrected chi connectivity index (χ1v) is 3.81. The lowest BCUT2D eigenvalue weighted by molar-refractivity contribution is -0.128. The zero-order chi connectivity index (χ0) is 10.0. The molecule has 2 unspecified atom stereocenters. The van der Waals surface area contributed by atoms with E-state index in [1.54, 1.807) is 0 Å². The largest absolute Gasteiger partial charge is 0.326 e. The van der Waals surface area contributed by atoms with Crippen molar-refractivity contribution in [3.8, 4) is 12.3 Å². The van der Waals surface area contributed by atoms with Crippen LogP contribution in [0, 0.1) is 18.3 Å². The van der Waals surface area contributed by atoms with Gasteiger partial charge in [0, 0.05) is 12.5 Å². The average molecular weight is 178 g/mol. The zero-order valence-corrected chi connectivity index (χ0v) is 7.04. The van der Waals surface area contributed by atoms with Crippen molar-refractivity contribution < 1.29 is 9.59 Å². The van der Waals surface area contributed by atoms with Gasteiger partial charge in [0.2, 0.25) is 5.91 Å². The van der Waals surface area contributed by atoms with Gasteiger partial charge in [0.25, 0.3) is 0 Å². The quantitative estimate of drug-likeness (QED) is 0.329. The first-order valence-electron chi connectivity index (χ1n) is 3.81. The number of terminal acetylenes is 1. The van der Waals surface area contributed by atoms with Crippen molar-refractivity contribution >= 4 is 11.7 Å². The maximum atomic E-state index is 11.3. The summed E-state index contributed by atoms with van der Waals surface area (Å²) in [6.45, 7) is 3.39. The molecule has 4 nitrogen and oxygen atoms in total. The molecular formula is C9H10N2O2. The van der Waals surface area contributed by atoms with Gasteiger partial charge in [-0.25, -0.2) is 0 Å². The minimum absolute atomic E-state index is 0.0995. The molecule has 68 valence electrons. The highest BCUT2D eigenvalue weighted by Gasteiger charge is 2.39. The third-order valence-corrected chi connectivity index (χ3v) is 1.92. The maximum Gasteiger partial charge on any atom is 0.237 e. The van der Waals surface area contributed by atoms with E-state index >= 15 is 0 Å². The van der Waals surface area contributed by atoms with E-state index in [4.69, 9.17) is 12.2 Å². The highest BCUT2D eigenvalue weighted by molar-refractivity contribution is 6.17. The van der Waals surface area contributed by atoms with Crippen molar-refractivity contribution in [2.75, 3.05) is 0 Å². The molecular weight excluding hydrogens is 168 g/mol. The monoisotopic (exact) mass is 178 g/mol. The van der Waals surface area contributed by atoms with Crippen molar-refractivity contribution in [3.05, 3.63) is 12.3 Å². The molecule has 1 amide bonds. The molecule has 4 heteroatoms. The molecule has 13 heavy (non-hydrogen) atoms. The number of nitrogens with one attached hydrogen (secondary N) is 1. The van der Waals surface area contributed by atoms with Crippen LogP contribution in [0.1, 0.15) is 6.42 Å². The Kier molecular flexibility index (Phi) is 2.49. The van der Waals surface area contributed by atoms with E-state index in [9.17, 15) is 9.59 Å². The molecule has 0 spiro atoms. The Balaban J connectivity index is 2.81. The Morgan fingerprint density at radius 1 is 1.69 bits per heavy atom. The van der Waals surface area contributed by atoms with Gasteiger partial charge in [-0.3, -0.25) is 9.59 Å². The lowest BCUT2D eigenvalue weighted by Gasteiger charge is -2.11. The fourth-order valence-electron chi connectivity index (χ4n) is 1.24. The summed E-state index contributed by atoms with van der Waals surface area (Å²) in [5.74, 6) is 0.697. The van der Waals surface area contributed by atoms with Crippen molar-refractivity contribution in [2.45, 2.75) is 12.5 Å². The summed E-state index contributed by atoms with van der Waals surface area (Å²) in [6.07, 6.45) is 5.23. The molecule has 0 saturated carbocycles. The number of rotatable bonds is 2. The molecule has 1 aliphatic rings. The number of carbonyl (C=O) groups excluding carboxylic acids is 2. The van der Waals surface area contributed by atoms with Gasteiger partial charge in [-0.1, -0.05) is 6.58 Å². The second kappa shape index (κ2) is 3.42. The minimum Gasteiger partial charge on any atom is -0.326 e. The Bertz CT molecular complexity index is 314. The summed E-state index contributed by atoms with van der Waals surface area (Å²) in [7, 11) is 0. The molecule has 0 aromatic heterocycles. The number of allylic oxidation sites excluding steroid dienone is 1. The smallest absolute Gasteiger partial charge is 0.237 e. The first-order chi connectivity index (χ1) is 6.07. The standard InChI is InChI=1S/C9H10N2O2/c1-3-4-6(10)7-8(12)5(2)11-9(7)13/h1,6-7H,2,4,10H2,(H,11,13). The van der Waals surface area contributed by atoms with Crippen molar-refractivity contribution in [3.63, 3.8) is 0 Å². The van der Waals surface area contributed by atoms with Gasteiger partial charge in [0.05, 0.1) is 5.70 Å². The molecule has 1 rings (SSSR count). The van der Waals surface area contributed by atoms with E-state index in [-0.39, 0.29) is 17.9 Å². The number of carbonyl (C=O) groups is 2. The SMILES string of the molecule is C#CCC(N)C1C(=O)NC(=C)C1=O. The highest BCUT2D eigenvalue weighted by Crippen LogP contribution is 2.17. The summed E-state index contributed by atoms with van der Waals surface area (Å²) in [5, 5.41) is 2.32. The minimum atomic E-state index is -0.858. The van der Waals surface area contributed by atoms with Crippen LogP contribution < -0.4 is 11.1 Å². The zero-order valence-electron chi connectivity index (χ0n) is 7.04. The number of amides is 1. The van der Waals surface area contributed by atoms with E-state index < -0.39 is 17.9 Å². The second-order valence-electron chi connectivity index (χ2n) is 2.88. The molecule has 2 atom stereocenters. The molecule has 0 radical (unpaired) electrons. The van der Waals surface area contributed by atoms with E-state index in [0.29, 0.717) is 0 Å². The van der Waals surface area contributed by atoms with Crippen LogP contribution in [0.25, 0.3) is 0 Å². The van der Waals surface area contributed by atoms with Gasteiger partial charge in [-0.15, -0.1) is 12.3 Å². The normalized spacial score (nSPS) is 24.0. The van der Waals surface area contributed by atoms with E-state index in [1.807, 2.05) is 0 Å². The van der Waals surface area contributed by atoms with Gasteiger partial charge in [-0.2, -0.15) is 0 Å². The molecule has 0 bridgehead atoms. The predicted octanol–water partition coefficient (Wildman–Crippen LogP) is -0.834. The predicted molar refractivity (Wildman–Crippen MR) is 47.2 cm³/mol. The molecule has 1 aliphatic heterocycles. The summed E-state index contributed by atoms with van der Waals surface area (Å²) in [6, 6.07) is -0.614. The van der Waals surface area contributed by atoms with Crippen LogP contribution in [0.4, 0.5) is 0 Å². The van der Waals surface area contributed by atoms with Crippen LogP contribution in [0.5, 0.6) is 0 Å². The number of ketones is 1. The van der Waals surface area contributed by atoms with E-state index in [0.717, 1.165) is 0 Å². The third kappa shape index (κ3) is 1.60. The molecule has 0 aromatic carbocycles. The van der Waals surface area contributed by atoms with Crippen molar-refractivity contribution in [1.82, 2.24) is 5.32 Å². The Labute approximate surface area is 76.2 Å². The van der Waals surface area contributed by atoms with Crippen LogP contribution in [0.2, 0.25) is 0 Å². The lowest BCUT2D eigenvalue weighted by atomic mass is 9.95. The van der Waals surface area contributed by atoms with Crippen LogP contribution in [-0.2, 0) is 9.59 Å². The summed E-state index contributed by atoms with van der Waals surface area (Å²) in [5.41, 5.74) is 5.67. The number of Topliss-reactive ketones (excluding diaryl/α,β-unsaturated/α-hetero) is 1. The lowest BCUT2D eigenvalue weighted by Crippen LogP contribution is -2.37. The fourth-order valence-corrected chi connectivity index (χ4v) is 1.24. The van der Waals surface area contributed by atoms with Gasteiger partial charge < -0.3 is 11.1 Å². The van der Waals surface area contributed by atoms with E-state index in [1.165, 1.54) is 0 Å². The third-order valence-electron chi connectivity index (χ3n) is 1.92. The highest BCUT2D eigenvalue weighted by atomic mass is 16.2. The topological polar surface area (TPSA) is 72.2 Å². The molecule has 1 fully saturated rings. The van der Waals surface area contributed by atoms with E-state index in [2.05, 4.69) is 17.8 Å². The average Bonchev–Trinajstić information content (AvgIpc) is 2.27. The number of hydrogen-bond donors (Lipinski definition) is 2. The molecule has 0 aromatic rings. The summed E-state index contributed by atoms with van der Waals surface area (Å²) >= 11 is 0. The Morgan fingerprint density at radius 2 is 2.31 bits per heavy atom. The first kappa shape index (κ1) is 9.49. The Morgan fingerprint density at radius 3 is 2.69 bits per heavy atom. The van der Waals surface area contributed by atoms with Crippen LogP contribution in [-0.4, -0.2) is 17.7 Å². The van der Waals surface area contributed by atoms with Crippen molar-refractivity contribution in [1.29, 1.82) is 0 Å². The fraction of sp³-hybridized carbons (Fsp3) is 0.333. The van der Waals surface area contributed by atoms with Crippen molar-refractivity contribution in [2.24, 2.45) is 11.7 Å². The molecule has 0 aliphatic carbocycles. The Hall–Kier alpha value is -1.60. The van der Waals surface area contributed by atoms with Crippen LogP contribution >= 0.6 is 0 Å².